The number of carbonyl (C=O) groups excluding carboxylic acids is 1. The molecule has 21 heavy (non-hydrogen) atoms. The van der Waals surface area contributed by atoms with Gasteiger partial charge in [0.25, 0.3) is 17.1 Å². The van der Waals surface area contributed by atoms with Gasteiger partial charge in [0.05, 0.1) is 39.8 Å². The van der Waals surface area contributed by atoms with Crippen LogP contribution in [-0.2, 0) is 9.53 Å². The molecule has 0 fully saturated rings. The summed E-state index contributed by atoms with van der Waals surface area (Å²) >= 11 is 0.503. The number of benzene rings is 1. The van der Waals surface area contributed by atoms with Gasteiger partial charge < -0.3 is 4.74 Å². The van der Waals surface area contributed by atoms with Gasteiger partial charge in [-0.25, -0.2) is 0 Å². The summed E-state index contributed by atoms with van der Waals surface area (Å²) in [4.78, 5) is 40.1. The van der Waals surface area contributed by atoms with Crippen molar-refractivity contribution >= 4 is 34.8 Å². The SMILES string of the molecule is COC(=O)CSc1c([N+](=O)[O-])cc([N+](=O)[O-])cc1[N+](=O)[O-]. The van der Waals surface area contributed by atoms with Crippen LogP contribution in [0.2, 0.25) is 0 Å². The number of rotatable bonds is 6. The summed E-state index contributed by atoms with van der Waals surface area (Å²) in [5.41, 5.74) is -2.41. The molecule has 0 saturated carbocycles. The summed E-state index contributed by atoms with van der Waals surface area (Å²) in [6, 6.07) is 1.21. The highest BCUT2D eigenvalue weighted by molar-refractivity contribution is 8.00. The van der Waals surface area contributed by atoms with Crippen molar-refractivity contribution in [2.75, 3.05) is 12.9 Å². The Morgan fingerprint density at radius 1 is 1.10 bits per heavy atom. The summed E-state index contributed by atoms with van der Waals surface area (Å²) in [5.74, 6) is -1.15. The first-order valence-corrected chi connectivity index (χ1v) is 6.07. The Hall–Kier alpha value is -2.76. The number of thioether (sulfide) groups is 1. The monoisotopic (exact) mass is 317 g/mol. The van der Waals surface area contributed by atoms with Crippen molar-refractivity contribution < 1.29 is 24.3 Å². The number of carbonyl (C=O) groups is 1. The maximum atomic E-state index is 11.0. The molecule has 0 N–H and O–H groups in total. The lowest BCUT2D eigenvalue weighted by Crippen LogP contribution is -2.05. The fourth-order valence-electron chi connectivity index (χ4n) is 1.30. The van der Waals surface area contributed by atoms with E-state index in [1.807, 2.05) is 0 Å². The van der Waals surface area contributed by atoms with Crippen LogP contribution in [0.25, 0.3) is 0 Å². The number of ether oxygens (including phenoxy) is 1. The van der Waals surface area contributed by atoms with Crippen molar-refractivity contribution in [1.82, 2.24) is 0 Å². The molecule has 0 atom stereocenters. The van der Waals surface area contributed by atoms with E-state index in [1.165, 1.54) is 0 Å². The van der Waals surface area contributed by atoms with Gasteiger partial charge in [-0.2, -0.15) is 0 Å². The molecule has 1 aromatic carbocycles. The van der Waals surface area contributed by atoms with Crippen LogP contribution in [0, 0.1) is 30.3 Å². The van der Waals surface area contributed by atoms with Gasteiger partial charge in [0.15, 0.2) is 4.90 Å². The molecular formula is C9H7N3O8S. The number of nitro groups is 3. The highest BCUT2D eigenvalue weighted by atomic mass is 32.2. The van der Waals surface area contributed by atoms with E-state index >= 15 is 0 Å². The lowest BCUT2D eigenvalue weighted by molar-refractivity contribution is -0.407. The van der Waals surface area contributed by atoms with Crippen molar-refractivity contribution in [3.8, 4) is 0 Å². The molecule has 0 spiro atoms. The van der Waals surface area contributed by atoms with Gasteiger partial charge in [0.1, 0.15) is 0 Å². The van der Waals surface area contributed by atoms with E-state index in [1.54, 1.807) is 0 Å². The number of esters is 1. The maximum Gasteiger partial charge on any atom is 0.315 e. The van der Waals surface area contributed by atoms with Gasteiger partial charge in [0.2, 0.25) is 0 Å². The first-order valence-electron chi connectivity index (χ1n) is 5.08. The molecule has 11 nitrogen and oxygen atoms in total. The highest BCUT2D eigenvalue weighted by Crippen LogP contribution is 2.40. The average Bonchev–Trinajstić information content (AvgIpc) is 2.43. The molecule has 12 heteroatoms. The van der Waals surface area contributed by atoms with Crippen molar-refractivity contribution in [3.63, 3.8) is 0 Å². The zero-order valence-electron chi connectivity index (χ0n) is 10.4. The third-order valence-corrected chi connectivity index (χ3v) is 3.29. The predicted octanol–water partition coefficient (Wildman–Crippen LogP) is 1.68. The van der Waals surface area contributed by atoms with Gasteiger partial charge in [-0.15, -0.1) is 11.8 Å². The summed E-state index contributed by atoms with van der Waals surface area (Å²) < 4.78 is 4.33. The van der Waals surface area contributed by atoms with Crippen LogP contribution in [0.5, 0.6) is 0 Å². The minimum atomic E-state index is -0.986. The van der Waals surface area contributed by atoms with E-state index in [-0.39, 0.29) is 0 Å². The number of hydrogen-bond donors (Lipinski definition) is 0. The first kappa shape index (κ1) is 16.3. The molecule has 0 aromatic heterocycles. The summed E-state index contributed by atoms with van der Waals surface area (Å²) in [6.45, 7) is 0. The predicted molar refractivity (Wildman–Crippen MR) is 69.1 cm³/mol. The smallest absolute Gasteiger partial charge is 0.315 e. The molecule has 0 heterocycles. The molecule has 112 valence electrons. The fraction of sp³-hybridized carbons (Fsp3) is 0.222. The van der Waals surface area contributed by atoms with E-state index in [0.29, 0.717) is 23.9 Å². The second kappa shape index (κ2) is 6.60. The standard InChI is InChI=1S/C9H7N3O8S/c1-20-8(13)4-21-9-6(11(16)17)2-5(10(14)15)3-7(9)12(18)19/h2-3H,4H2,1H3. The molecule has 1 rings (SSSR count). The van der Waals surface area contributed by atoms with Gasteiger partial charge >= 0.3 is 5.97 Å². The molecule has 0 aliphatic carbocycles. The number of non-ortho nitro benzene ring substituents is 1. The van der Waals surface area contributed by atoms with E-state index in [4.69, 9.17) is 0 Å². The zero-order chi connectivity index (χ0) is 16.2. The summed E-state index contributed by atoms with van der Waals surface area (Å²) in [7, 11) is 1.08. The normalized spacial score (nSPS) is 9.95. The third kappa shape index (κ3) is 3.85. The van der Waals surface area contributed by atoms with Crippen LogP contribution in [0.1, 0.15) is 0 Å². The number of methoxy groups -OCH3 is 1. The summed E-state index contributed by atoms with van der Waals surface area (Å²) in [5, 5.41) is 32.5. The Labute approximate surface area is 120 Å². The number of nitro benzene ring substituents is 3. The lowest BCUT2D eigenvalue weighted by atomic mass is 10.2. The van der Waals surface area contributed by atoms with Crippen LogP contribution in [0.4, 0.5) is 17.1 Å². The van der Waals surface area contributed by atoms with Crippen molar-refractivity contribution in [1.29, 1.82) is 0 Å². The van der Waals surface area contributed by atoms with E-state index < -0.39 is 48.4 Å². The zero-order valence-corrected chi connectivity index (χ0v) is 11.2. The fourth-order valence-corrected chi connectivity index (χ4v) is 2.24. The lowest BCUT2D eigenvalue weighted by Gasteiger charge is -2.03. The molecule has 0 aliphatic heterocycles. The molecule has 0 amide bonds. The Morgan fingerprint density at radius 3 is 1.90 bits per heavy atom. The molecule has 0 aliphatic rings. The van der Waals surface area contributed by atoms with Crippen molar-refractivity contribution in [3.05, 3.63) is 42.5 Å². The first-order chi connectivity index (χ1) is 9.77. The second-order valence-electron chi connectivity index (χ2n) is 3.45. The molecule has 0 unspecified atom stereocenters. The molecule has 0 saturated heterocycles. The maximum absolute atomic E-state index is 11.0. The highest BCUT2D eigenvalue weighted by Gasteiger charge is 2.31. The van der Waals surface area contributed by atoms with Crippen LogP contribution >= 0.6 is 11.8 Å². The van der Waals surface area contributed by atoms with Crippen LogP contribution in [-0.4, -0.2) is 33.6 Å². The second-order valence-corrected chi connectivity index (χ2v) is 4.43. The number of nitrogens with zero attached hydrogens (tertiary/aromatic N) is 3. The van der Waals surface area contributed by atoms with E-state index in [0.717, 1.165) is 7.11 Å². The van der Waals surface area contributed by atoms with E-state index in [9.17, 15) is 35.1 Å². The molecule has 1 aromatic rings. The topological polar surface area (TPSA) is 156 Å². The van der Waals surface area contributed by atoms with Gasteiger partial charge in [-0.1, -0.05) is 0 Å². The largest absolute Gasteiger partial charge is 0.468 e. The number of hydrogen-bond acceptors (Lipinski definition) is 9. The van der Waals surface area contributed by atoms with Gasteiger partial charge in [0, 0.05) is 0 Å². The van der Waals surface area contributed by atoms with Crippen LogP contribution in [0.15, 0.2) is 17.0 Å². The minimum Gasteiger partial charge on any atom is -0.468 e. The molecular weight excluding hydrogens is 310 g/mol. The average molecular weight is 317 g/mol. The Kier molecular flexibility index (Phi) is 5.12. The Morgan fingerprint density at radius 2 is 1.57 bits per heavy atom. The quantitative estimate of drug-likeness (QED) is 0.329. The molecule has 0 radical (unpaired) electrons. The van der Waals surface area contributed by atoms with Crippen LogP contribution in [0.3, 0.4) is 0 Å². The van der Waals surface area contributed by atoms with E-state index in [2.05, 4.69) is 4.74 Å². The molecule has 0 bridgehead atoms. The van der Waals surface area contributed by atoms with Crippen molar-refractivity contribution in [2.45, 2.75) is 4.90 Å². The summed E-state index contributed by atoms with van der Waals surface area (Å²) in [6.07, 6.45) is 0. The van der Waals surface area contributed by atoms with Gasteiger partial charge in [-0.3, -0.25) is 35.1 Å². The Bertz CT molecular complexity index is 596. The minimum absolute atomic E-state index is 0.407. The van der Waals surface area contributed by atoms with Crippen molar-refractivity contribution in [2.24, 2.45) is 0 Å². The van der Waals surface area contributed by atoms with Gasteiger partial charge in [-0.05, 0) is 0 Å². The Balaban J connectivity index is 3.42. The van der Waals surface area contributed by atoms with Crippen LogP contribution < -0.4 is 0 Å². The third-order valence-electron chi connectivity index (χ3n) is 2.20.